The smallest absolute Gasteiger partial charge is 0.0854 e. The summed E-state index contributed by atoms with van der Waals surface area (Å²) in [6.07, 6.45) is 0. The van der Waals surface area contributed by atoms with Gasteiger partial charge in [-0.15, -0.1) is 0 Å². The van der Waals surface area contributed by atoms with E-state index in [0.29, 0.717) is 5.92 Å². The lowest BCUT2D eigenvalue weighted by Crippen LogP contribution is -2.27. The van der Waals surface area contributed by atoms with E-state index in [1.54, 1.807) is 0 Å². The number of halogens is 3. The first-order valence-electron chi connectivity index (χ1n) is 4.08. The van der Waals surface area contributed by atoms with Gasteiger partial charge >= 0.3 is 0 Å². The van der Waals surface area contributed by atoms with E-state index in [1.165, 1.54) is 10.8 Å². The van der Waals surface area contributed by atoms with E-state index in [0.717, 1.165) is 0 Å². The monoisotopic (exact) mass is 528 g/mol. The van der Waals surface area contributed by atoms with Crippen molar-refractivity contribution < 1.29 is 0 Å². The second kappa shape index (κ2) is 5.11. The van der Waals surface area contributed by atoms with Gasteiger partial charge in [-0.1, -0.05) is 104 Å². The van der Waals surface area contributed by atoms with Gasteiger partial charge in [0.15, 0.2) is 0 Å². The standard InChI is InChI=1S/C9H11I3Si/c1-7(2)8-3-5-9(6-4-8)13(10,11)12/h3-7H,1-2H3. The van der Waals surface area contributed by atoms with Gasteiger partial charge in [0.05, 0.1) is 0 Å². The first-order chi connectivity index (χ1) is 5.91. The fourth-order valence-electron chi connectivity index (χ4n) is 1.06. The molecule has 0 radical (unpaired) electrons. The zero-order chi connectivity index (χ0) is 10.1. The molecule has 0 spiro atoms. The van der Waals surface area contributed by atoms with Crippen LogP contribution in [0.3, 0.4) is 0 Å². The Kier molecular flexibility index (Phi) is 4.99. The van der Waals surface area contributed by atoms with E-state index in [4.69, 9.17) is 0 Å². The van der Waals surface area contributed by atoms with Gasteiger partial charge in [-0.05, 0) is 16.7 Å². The SMILES string of the molecule is CC(C)c1ccc([Si](I)(I)I)cc1. The molecule has 1 aromatic carbocycles. The molecule has 0 aromatic heterocycles. The maximum absolute atomic E-state index is 2.58. The predicted octanol–water partition coefficient (Wildman–Crippen LogP) is 4.26. The van der Waals surface area contributed by atoms with Crippen molar-refractivity contribution >= 4 is 71.1 Å². The summed E-state index contributed by atoms with van der Waals surface area (Å²) in [7, 11) is 0. The van der Waals surface area contributed by atoms with Crippen molar-refractivity contribution in [2.45, 2.75) is 19.8 Å². The minimum absolute atomic E-state index is 0.641. The van der Waals surface area contributed by atoms with E-state index in [-0.39, 0.29) is 0 Å². The molecular weight excluding hydrogens is 517 g/mol. The Hall–Kier alpha value is 1.63. The van der Waals surface area contributed by atoms with Crippen LogP contribution in [0.25, 0.3) is 0 Å². The molecule has 0 N–H and O–H groups in total. The maximum Gasteiger partial charge on any atom is 0.283 e. The van der Waals surface area contributed by atoms with Gasteiger partial charge in [0.1, 0.15) is 0 Å². The number of hydrogen-bond donors (Lipinski definition) is 0. The highest BCUT2D eigenvalue weighted by Gasteiger charge is 2.24. The van der Waals surface area contributed by atoms with Gasteiger partial charge in [-0.2, -0.15) is 0 Å². The minimum atomic E-state index is -1.18. The summed E-state index contributed by atoms with van der Waals surface area (Å²) < 4.78 is -1.18. The highest BCUT2D eigenvalue weighted by molar-refractivity contribution is 14.4. The maximum atomic E-state index is 2.58. The van der Waals surface area contributed by atoms with Gasteiger partial charge in [0.25, 0.3) is 0.564 Å². The third-order valence-electron chi connectivity index (χ3n) is 1.90. The van der Waals surface area contributed by atoms with Crippen LogP contribution < -0.4 is 5.19 Å². The van der Waals surface area contributed by atoms with E-state index in [1.807, 2.05) is 0 Å². The van der Waals surface area contributed by atoms with E-state index in [9.17, 15) is 0 Å². The second-order valence-corrected chi connectivity index (χ2v) is 38.0. The van der Waals surface area contributed by atoms with Crippen LogP contribution in [-0.2, 0) is 0 Å². The molecule has 13 heavy (non-hydrogen) atoms. The van der Waals surface area contributed by atoms with Crippen LogP contribution in [0.4, 0.5) is 0 Å². The molecule has 0 fully saturated rings. The lowest BCUT2D eigenvalue weighted by molar-refractivity contribution is 0.867. The molecule has 0 saturated carbocycles. The van der Waals surface area contributed by atoms with E-state index < -0.39 is 0.564 Å². The fourth-order valence-corrected chi connectivity index (χ4v) is 4.84. The Morgan fingerprint density at radius 3 is 1.77 bits per heavy atom. The van der Waals surface area contributed by atoms with Crippen molar-refractivity contribution in [3.63, 3.8) is 0 Å². The van der Waals surface area contributed by atoms with Crippen LogP contribution in [0, 0.1) is 0 Å². The Bertz CT molecular complexity index is 274. The number of benzene rings is 1. The van der Waals surface area contributed by atoms with Crippen molar-refractivity contribution in [3.8, 4) is 0 Å². The van der Waals surface area contributed by atoms with Crippen molar-refractivity contribution in [2.75, 3.05) is 0 Å². The first-order valence-corrected chi connectivity index (χ1v) is 15.4. The molecular formula is C9H11I3Si. The summed E-state index contributed by atoms with van der Waals surface area (Å²) in [5.41, 5.74) is 1.44. The van der Waals surface area contributed by atoms with Crippen LogP contribution in [0.1, 0.15) is 25.3 Å². The molecule has 0 unspecified atom stereocenters. The molecule has 0 bridgehead atoms. The molecule has 0 nitrogen and oxygen atoms in total. The summed E-state index contributed by atoms with van der Waals surface area (Å²) in [4.78, 5) is 0. The molecule has 0 heterocycles. The van der Waals surface area contributed by atoms with Crippen molar-refractivity contribution in [1.29, 1.82) is 0 Å². The van der Waals surface area contributed by atoms with Gasteiger partial charge in [-0.25, -0.2) is 0 Å². The van der Waals surface area contributed by atoms with Gasteiger partial charge in [0, 0.05) is 0 Å². The van der Waals surface area contributed by atoms with Gasteiger partial charge in [-0.3, -0.25) is 0 Å². The summed E-state index contributed by atoms with van der Waals surface area (Å²) >= 11 is 7.75. The third kappa shape index (κ3) is 3.94. The lowest BCUT2D eigenvalue weighted by Gasteiger charge is -2.11. The third-order valence-corrected chi connectivity index (χ3v) is 8.50. The van der Waals surface area contributed by atoms with Gasteiger partial charge < -0.3 is 0 Å². The Labute approximate surface area is 119 Å². The van der Waals surface area contributed by atoms with E-state index in [2.05, 4.69) is 104 Å². The zero-order valence-corrected chi connectivity index (χ0v) is 15.0. The zero-order valence-electron chi connectivity index (χ0n) is 7.52. The molecule has 0 atom stereocenters. The lowest BCUT2D eigenvalue weighted by atomic mass is 10.0. The van der Waals surface area contributed by atoms with Crippen LogP contribution in [0.5, 0.6) is 0 Å². The van der Waals surface area contributed by atoms with Crippen LogP contribution in [0.15, 0.2) is 24.3 Å². The minimum Gasteiger partial charge on any atom is -0.0854 e. The number of hydrogen-bond acceptors (Lipinski definition) is 0. The van der Waals surface area contributed by atoms with Crippen LogP contribution >= 0.6 is 65.4 Å². The van der Waals surface area contributed by atoms with E-state index >= 15 is 0 Å². The average molecular weight is 528 g/mol. The van der Waals surface area contributed by atoms with Crippen molar-refractivity contribution in [2.24, 2.45) is 0 Å². The summed E-state index contributed by atoms with van der Waals surface area (Å²) in [5, 5.41) is 1.51. The van der Waals surface area contributed by atoms with Crippen LogP contribution in [-0.4, -0.2) is 0.564 Å². The summed E-state index contributed by atoms with van der Waals surface area (Å²) in [6, 6.07) is 9.09. The van der Waals surface area contributed by atoms with Gasteiger partial charge in [0.2, 0.25) is 0 Å². The first kappa shape index (κ1) is 12.7. The molecule has 0 aliphatic carbocycles. The Morgan fingerprint density at radius 1 is 1.00 bits per heavy atom. The molecule has 1 rings (SSSR count). The second-order valence-electron chi connectivity index (χ2n) is 3.27. The Balaban J connectivity index is 2.94. The fraction of sp³-hybridized carbons (Fsp3) is 0.333. The average Bonchev–Trinajstić information content (AvgIpc) is 2.03. The quantitative estimate of drug-likeness (QED) is 0.306. The number of rotatable bonds is 2. The molecule has 4 heteroatoms. The Morgan fingerprint density at radius 2 is 1.46 bits per heavy atom. The van der Waals surface area contributed by atoms with Crippen LogP contribution in [0.2, 0.25) is 0 Å². The molecule has 0 aliphatic rings. The molecule has 1 aromatic rings. The van der Waals surface area contributed by atoms with Crippen molar-refractivity contribution in [3.05, 3.63) is 29.8 Å². The molecule has 0 saturated heterocycles. The summed E-state index contributed by atoms with van der Waals surface area (Å²) in [5.74, 6) is 0.641. The topological polar surface area (TPSA) is 0 Å². The normalized spacial score (nSPS) is 12.2. The summed E-state index contributed by atoms with van der Waals surface area (Å²) in [6.45, 7) is 4.47. The molecule has 0 amide bonds. The highest BCUT2D eigenvalue weighted by Crippen LogP contribution is 2.29. The predicted molar refractivity (Wildman–Crippen MR) is 88.0 cm³/mol. The highest BCUT2D eigenvalue weighted by atomic mass is 127. The van der Waals surface area contributed by atoms with Crippen molar-refractivity contribution in [1.82, 2.24) is 0 Å². The molecule has 0 aliphatic heterocycles. The largest absolute Gasteiger partial charge is 0.283 e. The molecule has 72 valence electrons.